The van der Waals surface area contributed by atoms with Gasteiger partial charge in [0.2, 0.25) is 5.91 Å². The van der Waals surface area contributed by atoms with E-state index in [1.54, 1.807) is 19.3 Å². The molecule has 7 heteroatoms. The zero-order valence-corrected chi connectivity index (χ0v) is 17.0. The quantitative estimate of drug-likeness (QED) is 0.752. The summed E-state index contributed by atoms with van der Waals surface area (Å²) in [6.45, 7) is 4.17. The number of aromatic nitrogens is 2. The van der Waals surface area contributed by atoms with Gasteiger partial charge in [-0.2, -0.15) is 5.10 Å². The lowest BCUT2D eigenvalue weighted by molar-refractivity contribution is -0.124. The summed E-state index contributed by atoms with van der Waals surface area (Å²) < 4.78 is 1.31. The van der Waals surface area contributed by atoms with Gasteiger partial charge in [-0.15, -0.1) is 0 Å². The maximum absolute atomic E-state index is 12.6. The van der Waals surface area contributed by atoms with Gasteiger partial charge in [0, 0.05) is 51.5 Å². The monoisotopic (exact) mass is 395 g/mol. The van der Waals surface area contributed by atoms with Crippen LogP contribution >= 0.6 is 0 Å². The zero-order chi connectivity index (χ0) is 20.2. The molecule has 3 heterocycles. The molecule has 1 amide bonds. The van der Waals surface area contributed by atoms with E-state index in [0.717, 1.165) is 44.6 Å². The Morgan fingerprint density at radius 2 is 2.14 bits per heavy atom. The maximum atomic E-state index is 12.6. The molecule has 2 aliphatic rings. The Labute approximate surface area is 171 Å². The molecule has 2 aromatic rings. The van der Waals surface area contributed by atoms with Crippen LogP contribution in [0.2, 0.25) is 0 Å². The minimum Gasteiger partial charge on any atom is -0.371 e. The first-order valence-electron chi connectivity index (χ1n) is 10.5. The molecule has 7 nitrogen and oxygen atoms in total. The summed E-state index contributed by atoms with van der Waals surface area (Å²) in [6, 6.07) is 10.2. The largest absolute Gasteiger partial charge is 0.371 e. The Balaban J connectivity index is 1.23. The first-order chi connectivity index (χ1) is 14.1. The summed E-state index contributed by atoms with van der Waals surface area (Å²) in [5.74, 6) is 0.0816. The molecular formula is C22H29N5O2. The number of anilines is 2. The van der Waals surface area contributed by atoms with Crippen molar-refractivity contribution in [3.05, 3.63) is 52.4 Å². The molecule has 0 bridgehead atoms. The van der Waals surface area contributed by atoms with Crippen molar-refractivity contribution < 1.29 is 4.79 Å². The van der Waals surface area contributed by atoms with Gasteiger partial charge in [0.15, 0.2) is 0 Å². The summed E-state index contributed by atoms with van der Waals surface area (Å²) in [5, 5.41) is 7.18. The summed E-state index contributed by atoms with van der Waals surface area (Å²) in [5.41, 5.74) is 3.44. The van der Waals surface area contributed by atoms with Crippen molar-refractivity contribution >= 4 is 17.3 Å². The minimum atomic E-state index is -0.130. The van der Waals surface area contributed by atoms with Gasteiger partial charge in [-0.3, -0.25) is 9.59 Å². The van der Waals surface area contributed by atoms with Gasteiger partial charge in [-0.25, -0.2) is 4.68 Å². The summed E-state index contributed by atoms with van der Waals surface area (Å²) >= 11 is 0. The third kappa shape index (κ3) is 4.44. The van der Waals surface area contributed by atoms with E-state index in [-0.39, 0.29) is 17.4 Å². The molecule has 0 spiro atoms. The highest BCUT2D eigenvalue weighted by Gasteiger charge is 2.28. The molecular weight excluding hydrogens is 366 g/mol. The van der Waals surface area contributed by atoms with E-state index in [9.17, 15) is 9.59 Å². The van der Waals surface area contributed by atoms with Crippen LogP contribution in [0.3, 0.4) is 0 Å². The number of nitrogens with one attached hydrogen (secondary N) is 1. The third-order valence-electron chi connectivity index (χ3n) is 5.99. The number of amides is 1. The van der Waals surface area contributed by atoms with Crippen LogP contribution in [0.5, 0.6) is 0 Å². The van der Waals surface area contributed by atoms with Crippen molar-refractivity contribution in [1.82, 2.24) is 15.1 Å². The normalized spacial score (nSPS) is 18.6. The van der Waals surface area contributed by atoms with Gasteiger partial charge < -0.3 is 15.1 Å². The van der Waals surface area contributed by atoms with Gasteiger partial charge in [0.25, 0.3) is 5.56 Å². The molecule has 0 radical (unpaired) electrons. The van der Waals surface area contributed by atoms with E-state index in [0.29, 0.717) is 13.1 Å². The molecule has 1 N–H and O–H groups in total. The second-order valence-corrected chi connectivity index (χ2v) is 7.97. The Bertz CT molecular complexity index is 925. The van der Waals surface area contributed by atoms with Crippen LogP contribution in [-0.4, -0.2) is 48.4 Å². The van der Waals surface area contributed by atoms with E-state index >= 15 is 0 Å². The van der Waals surface area contributed by atoms with E-state index < -0.39 is 0 Å². The topological polar surface area (TPSA) is 70.5 Å². The van der Waals surface area contributed by atoms with Crippen molar-refractivity contribution in [3.8, 4) is 0 Å². The predicted molar refractivity (Wildman–Crippen MR) is 114 cm³/mol. The number of aryl methyl sites for hydroxylation is 2. The number of nitrogens with zero attached hydrogens (tertiary/aromatic N) is 4. The van der Waals surface area contributed by atoms with Gasteiger partial charge in [-0.05, 0) is 37.3 Å². The molecule has 2 aliphatic heterocycles. The Morgan fingerprint density at radius 1 is 1.28 bits per heavy atom. The lowest BCUT2D eigenvalue weighted by Crippen LogP contribution is -2.36. The van der Waals surface area contributed by atoms with Crippen LogP contribution in [0.25, 0.3) is 0 Å². The van der Waals surface area contributed by atoms with Crippen LogP contribution < -0.4 is 20.7 Å². The molecule has 1 saturated heterocycles. The van der Waals surface area contributed by atoms with E-state index in [4.69, 9.17) is 0 Å². The molecule has 29 heavy (non-hydrogen) atoms. The fourth-order valence-electron chi connectivity index (χ4n) is 4.31. The zero-order valence-electron chi connectivity index (χ0n) is 17.0. The second kappa shape index (κ2) is 8.68. The first kappa shape index (κ1) is 19.5. The number of hydrogen-bond donors (Lipinski definition) is 1. The van der Waals surface area contributed by atoms with Crippen molar-refractivity contribution in [2.24, 2.45) is 13.0 Å². The number of rotatable bonds is 6. The molecule has 154 valence electrons. The van der Waals surface area contributed by atoms with Crippen molar-refractivity contribution in [2.45, 2.75) is 25.7 Å². The van der Waals surface area contributed by atoms with Gasteiger partial charge in [-0.1, -0.05) is 18.2 Å². The molecule has 4 rings (SSSR count). The number of hydrogen-bond acceptors (Lipinski definition) is 5. The molecule has 1 unspecified atom stereocenters. The lowest BCUT2D eigenvalue weighted by atomic mass is 10.0. The van der Waals surface area contributed by atoms with Gasteiger partial charge >= 0.3 is 0 Å². The summed E-state index contributed by atoms with van der Waals surface area (Å²) in [6.07, 6.45) is 5.79. The highest BCUT2D eigenvalue weighted by Crippen LogP contribution is 2.26. The SMILES string of the molecule is Cn1ncc(N2CCC(C(=O)NCCCN3CCCc4ccccc43)C2)cc1=O. The molecule has 1 atom stereocenters. The van der Waals surface area contributed by atoms with Crippen LogP contribution in [0.15, 0.2) is 41.3 Å². The Morgan fingerprint density at radius 3 is 3.00 bits per heavy atom. The molecule has 0 saturated carbocycles. The van der Waals surface area contributed by atoms with Gasteiger partial charge in [0.05, 0.1) is 17.8 Å². The summed E-state index contributed by atoms with van der Waals surface area (Å²) in [4.78, 5) is 28.9. The second-order valence-electron chi connectivity index (χ2n) is 7.97. The van der Waals surface area contributed by atoms with E-state index in [1.165, 1.54) is 22.4 Å². The fraction of sp³-hybridized carbons (Fsp3) is 0.500. The molecule has 1 aromatic carbocycles. The van der Waals surface area contributed by atoms with Crippen LogP contribution in [-0.2, 0) is 18.3 Å². The highest BCUT2D eigenvalue weighted by atomic mass is 16.2. The number of benzene rings is 1. The van der Waals surface area contributed by atoms with Crippen molar-refractivity contribution in [1.29, 1.82) is 0 Å². The van der Waals surface area contributed by atoms with Crippen molar-refractivity contribution in [2.75, 3.05) is 42.5 Å². The van der Waals surface area contributed by atoms with Crippen LogP contribution in [0.1, 0.15) is 24.8 Å². The standard InChI is InChI=1S/C22H29N5O2/c1-25-21(28)14-19(15-24-25)27-13-9-18(16-27)22(29)23-10-5-12-26-11-4-7-17-6-2-3-8-20(17)26/h2-3,6,8,14-15,18H,4-5,7,9-13,16H2,1H3,(H,23,29). The van der Waals surface area contributed by atoms with Gasteiger partial charge in [0.1, 0.15) is 0 Å². The fourth-order valence-corrected chi connectivity index (χ4v) is 4.31. The Hall–Kier alpha value is -2.83. The van der Waals surface area contributed by atoms with Crippen molar-refractivity contribution in [3.63, 3.8) is 0 Å². The minimum absolute atomic E-state index is 0.0326. The number of para-hydroxylation sites is 1. The first-order valence-corrected chi connectivity index (χ1v) is 10.5. The predicted octanol–water partition coefficient (Wildman–Crippen LogP) is 1.57. The summed E-state index contributed by atoms with van der Waals surface area (Å²) in [7, 11) is 1.63. The molecule has 1 fully saturated rings. The number of fused-ring (bicyclic) bond motifs is 1. The lowest BCUT2D eigenvalue weighted by Gasteiger charge is -2.31. The average Bonchev–Trinajstić information content (AvgIpc) is 3.23. The molecule has 0 aliphatic carbocycles. The highest BCUT2D eigenvalue weighted by molar-refractivity contribution is 5.80. The smallest absolute Gasteiger partial charge is 0.268 e. The van der Waals surface area contributed by atoms with E-state index in [2.05, 4.69) is 44.5 Å². The van der Waals surface area contributed by atoms with Crippen LogP contribution in [0, 0.1) is 5.92 Å². The molecule has 1 aromatic heterocycles. The third-order valence-corrected chi connectivity index (χ3v) is 5.99. The maximum Gasteiger partial charge on any atom is 0.268 e. The van der Waals surface area contributed by atoms with E-state index in [1.807, 2.05) is 0 Å². The van der Waals surface area contributed by atoms with Crippen LogP contribution in [0.4, 0.5) is 11.4 Å². The average molecular weight is 396 g/mol. The Kier molecular flexibility index (Phi) is 5.83. The number of carbonyl (C=O) groups is 1. The number of carbonyl (C=O) groups excluding carboxylic acids is 1.